The van der Waals surface area contributed by atoms with Crippen molar-refractivity contribution in [3.05, 3.63) is 12.4 Å². The van der Waals surface area contributed by atoms with E-state index in [-0.39, 0.29) is 5.91 Å². The number of guanidine groups is 1. The summed E-state index contributed by atoms with van der Waals surface area (Å²) < 4.78 is 1.72. The number of nitrogens with zero attached hydrogens (tertiary/aromatic N) is 5. The van der Waals surface area contributed by atoms with Crippen molar-refractivity contribution in [1.29, 1.82) is 0 Å². The molecular weight excluding hydrogens is 316 g/mol. The maximum Gasteiger partial charge on any atom is 0.246 e. The Kier molecular flexibility index (Phi) is 5.60. The highest BCUT2D eigenvalue weighted by Gasteiger charge is 2.28. The third kappa shape index (κ3) is 4.32. The van der Waals surface area contributed by atoms with Gasteiger partial charge in [0.25, 0.3) is 0 Å². The van der Waals surface area contributed by atoms with Crippen LogP contribution in [0.15, 0.2) is 17.4 Å². The summed E-state index contributed by atoms with van der Waals surface area (Å²) in [5.74, 6) is 2.48. The number of aliphatic imine (C=N–C) groups is 1. The van der Waals surface area contributed by atoms with Gasteiger partial charge in [0, 0.05) is 39.9 Å². The van der Waals surface area contributed by atoms with Gasteiger partial charge in [-0.3, -0.25) is 14.5 Å². The summed E-state index contributed by atoms with van der Waals surface area (Å²) in [7, 11) is 3.66. The fraction of sp³-hybridized carbons (Fsp3) is 0.722. The Morgan fingerprint density at radius 1 is 1.40 bits per heavy atom. The van der Waals surface area contributed by atoms with Crippen LogP contribution >= 0.6 is 0 Å². The number of nitrogens with one attached hydrogen (secondary N) is 1. The molecule has 1 aliphatic carbocycles. The molecule has 0 radical (unpaired) electrons. The van der Waals surface area contributed by atoms with Crippen molar-refractivity contribution in [1.82, 2.24) is 20.0 Å². The van der Waals surface area contributed by atoms with Crippen LogP contribution in [0, 0.1) is 11.8 Å². The van der Waals surface area contributed by atoms with Crippen molar-refractivity contribution in [3.8, 4) is 0 Å². The van der Waals surface area contributed by atoms with Crippen molar-refractivity contribution in [3.63, 3.8) is 0 Å². The van der Waals surface area contributed by atoms with Crippen molar-refractivity contribution >= 4 is 17.6 Å². The van der Waals surface area contributed by atoms with Crippen molar-refractivity contribution in [2.75, 3.05) is 38.1 Å². The first-order valence-corrected chi connectivity index (χ1v) is 9.31. The highest BCUT2D eigenvalue weighted by Crippen LogP contribution is 2.28. The maximum absolute atomic E-state index is 12.5. The molecule has 1 aromatic rings. The molecule has 2 aliphatic rings. The lowest BCUT2D eigenvalue weighted by Gasteiger charge is -2.36. The summed E-state index contributed by atoms with van der Waals surface area (Å²) in [5.41, 5.74) is 0.867. The van der Waals surface area contributed by atoms with Gasteiger partial charge in [-0.25, -0.2) is 0 Å². The van der Waals surface area contributed by atoms with Gasteiger partial charge in [0.05, 0.1) is 11.9 Å². The molecule has 2 atom stereocenters. The number of hydrogen-bond donors (Lipinski definition) is 1. The van der Waals surface area contributed by atoms with Crippen LogP contribution in [0.2, 0.25) is 0 Å². The molecule has 2 fully saturated rings. The zero-order chi connectivity index (χ0) is 17.8. The molecule has 1 aliphatic heterocycles. The number of aryl methyl sites for hydroxylation is 1. The van der Waals surface area contributed by atoms with E-state index in [2.05, 4.69) is 27.2 Å². The first-order valence-electron chi connectivity index (χ1n) is 9.31. The van der Waals surface area contributed by atoms with E-state index in [1.54, 1.807) is 22.8 Å². The number of carbonyl (C=O) groups is 1. The minimum atomic E-state index is 0.0912. The standard InChI is InChI=1S/C18H30N6O/c1-14-5-4-6-15(9-14)10-20-18(19-2)23-7-8-24(17(25)13-23)16-11-21-22(3)12-16/h11-12,14-15H,4-10,13H2,1-3H3,(H,19,20). The van der Waals surface area contributed by atoms with Gasteiger partial charge in [-0.05, 0) is 24.7 Å². The topological polar surface area (TPSA) is 65.8 Å². The molecule has 1 N–H and O–H groups in total. The summed E-state index contributed by atoms with van der Waals surface area (Å²) in [5, 5.41) is 7.65. The molecule has 7 nitrogen and oxygen atoms in total. The monoisotopic (exact) mass is 346 g/mol. The highest BCUT2D eigenvalue weighted by molar-refractivity contribution is 5.98. The Morgan fingerprint density at radius 2 is 2.24 bits per heavy atom. The minimum Gasteiger partial charge on any atom is -0.356 e. The van der Waals surface area contributed by atoms with Crippen LogP contribution < -0.4 is 10.2 Å². The fourth-order valence-electron chi connectivity index (χ4n) is 3.99. The number of piperazine rings is 1. The summed E-state index contributed by atoms with van der Waals surface area (Å²) in [6.07, 6.45) is 8.89. The molecule has 2 heterocycles. The molecule has 138 valence electrons. The van der Waals surface area contributed by atoms with Gasteiger partial charge >= 0.3 is 0 Å². The van der Waals surface area contributed by atoms with Crippen LogP contribution in [-0.2, 0) is 11.8 Å². The molecule has 1 aromatic heterocycles. The SMILES string of the molecule is CN=C(NCC1CCCC(C)C1)N1CCN(c2cnn(C)c2)C(=O)C1. The lowest BCUT2D eigenvalue weighted by atomic mass is 9.82. The van der Waals surface area contributed by atoms with Crippen molar-refractivity contribution in [2.45, 2.75) is 32.6 Å². The number of aromatic nitrogens is 2. The van der Waals surface area contributed by atoms with E-state index in [0.29, 0.717) is 19.0 Å². The fourth-order valence-corrected chi connectivity index (χ4v) is 3.99. The van der Waals surface area contributed by atoms with E-state index < -0.39 is 0 Å². The van der Waals surface area contributed by atoms with Gasteiger partial charge < -0.3 is 15.1 Å². The van der Waals surface area contributed by atoms with Crippen LogP contribution in [-0.4, -0.2) is 59.8 Å². The highest BCUT2D eigenvalue weighted by atomic mass is 16.2. The molecule has 0 bridgehead atoms. The van der Waals surface area contributed by atoms with Crippen molar-refractivity contribution in [2.24, 2.45) is 23.9 Å². The summed E-state index contributed by atoms with van der Waals surface area (Å²) in [4.78, 5) is 20.8. The third-order valence-corrected chi connectivity index (χ3v) is 5.33. The van der Waals surface area contributed by atoms with Gasteiger partial charge in [0.2, 0.25) is 5.91 Å². The number of anilines is 1. The predicted molar refractivity (Wildman–Crippen MR) is 99.6 cm³/mol. The smallest absolute Gasteiger partial charge is 0.246 e. The average molecular weight is 346 g/mol. The van der Waals surface area contributed by atoms with Crippen LogP contribution in [0.25, 0.3) is 0 Å². The Balaban J connectivity index is 1.53. The van der Waals surface area contributed by atoms with Crippen LogP contribution in [0.5, 0.6) is 0 Å². The van der Waals surface area contributed by atoms with Crippen molar-refractivity contribution < 1.29 is 4.79 Å². The zero-order valence-corrected chi connectivity index (χ0v) is 15.6. The van der Waals surface area contributed by atoms with Gasteiger partial charge in [0.15, 0.2) is 5.96 Å². The van der Waals surface area contributed by atoms with E-state index in [1.165, 1.54) is 25.7 Å². The predicted octanol–water partition coefficient (Wildman–Crippen LogP) is 1.47. The maximum atomic E-state index is 12.5. The first kappa shape index (κ1) is 17.8. The molecule has 7 heteroatoms. The number of amides is 1. The zero-order valence-electron chi connectivity index (χ0n) is 15.6. The summed E-state index contributed by atoms with van der Waals surface area (Å²) in [6, 6.07) is 0. The second-order valence-corrected chi connectivity index (χ2v) is 7.41. The lowest BCUT2D eigenvalue weighted by molar-refractivity contribution is -0.120. The second kappa shape index (κ2) is 7.89. The van der Waals surface area contributed by atoms with Gasteiger partial charge in [-0.15, -0.1) is 0 Å². The van der Waals surface area contributed by atoms with Gasteiger partial charge in [-0.1, -0.05) is 19.8 Å². The van der Waals surface area contributed by atoms with Gasteiger partial charge in [-0.2, -0.15) is 5.10 Å². The molecule has 3 rings (SSSR count). The molecule has 1 amide bonds. The Hall–Kier alpha value is -2.05. The minimum absolute atomic E-state index is 0.0912. The van der Waals surface area contributed by atoms with Crippen LogP contribution in [0.3, 0.4) is 0 Å². The largest absolute Gasteiger partial charge is 0.356 e. The van der Waals surface area contributed by atoms with E-state index in [1.807, 2.05) is 13.2 Å². The Labute approximate surface area is 150 Å². The van der Waals surface area contributed by atoms with E-state index in [9.17, 15) is 4.79 Å². The normalized spacial score (nSPS) is 25.4. The first-order chi connectivity index (χ1) is 12.1. The molecule has 2 unspecified atom stereocenters. The quantitative estimate of drug-likeness (QED) is 0.665. The third-order valence-electron chi connectivity index (χ3n) is 5.33. The Bertz CT molecular complexity index is 625. The molecule has 25 heavy (non-hydrogen) atoms. The molecule has 0 spiro atoms. The molecular formula is C18H30N6O. The number of carbonyl (C=O) groups excluding carboxylic acids is 1. The van der Waals surface area contributed by atoms with E-state index >= 15 is 0 Å². The Morgan fingerprint density at radius 3 is 2.88 bits per heavy atom. The number of rotatable bonds is 3. The van der Waals surface area contributed by atoms with E-state index in [4.69, 9.17) is 0 Å². The summed E-state index contributed by atoms with van der Waals surface area (Å²) >= 11 is 0. The second-order valence-electron chi connectivity index (χ2n) is 7.41. The van der Waals surface area contributed by atoms with Crippen LogP contribution in [0.1, 0.15) is 32.6 Å². The molecule has 0 aromatic carbocycles. The number of hydrogen-bond acceptors (Lipinski definition) is 3. The summed E-state index contributed by atoms with van der Waals surface area (Å²) in [6.45, 7) is 5.09. The molecule has 1 saturated heterocycles. The van der Waals surface area contributed by atoms with Gasteiger partial charge in [0.1, 0.15) is 6.54 Å². The molecule has 1 saturated carbocycles. The lowest BCUT2D eigenvalue weighted by Crippen LogP contribution is -2.55. The van der Waals surface area contributed by atoms with Crippen LogP contribution in [0.4, 0.5) is 5.69 Å². The average Bonchev–Trinajstić information content (AvgIpc) is 3.02. The van der Waals surface area contributed by atoms with E-state index in [0.717, 1.165) is 30.7 Å².